The fourth-order valence-corrected chi connectivity index (χ4v) is 5.02. The monoisotopic (exact) mass is 460 g/mol. The van der Waals surface area contributed by atoms with Crippen molar-refractivity contribution in [3.05, 3.63) is 23.2 Å². The number of amides is 1. The van der Waals surface area contributed by atoms with Crippen molar-refractivity contribution in [2.24, 2.45) is 17.8 Å². The van der Waals surface area contributed by atoms with E-state index >= 15 is 0 Å². The lowest BCUT2D eigenvalue weighted by atomic mass is 9.94. The van der Waals surface area contributed by atoms with E-state index < -0.39 is 0 Å². The number of anilines is 1. The van der Waals surface area contributed by atoms with Crippen LogP contribution in [-0.4, -0.2) is 55.1 Å². The summed E-state index contributed by atoms with van der Waals surface area (Å²) in [5, 5.41) is 4.08. The second-order valence-electron chi connectivity index (χ2n) is 8.24. The van der Waals surface area contributed by atoms with Gasteiger partial charge < -0.3 is 19.5 Å². The zero-order valence-corrected chi connectivity index (χ0v) is 18.6. The maximum atomic E-state index is 12.8. The van der Waals surface area contributed by atoms with Crippen molar-refractivity contribution in [1.29, 1.82) is 0 Å². The van der Waals surface area contributed by atoms with Crippen LogP contribution in [0.15, 0.2) is 22.6 Å². The van der Waals surface area contributed by atoms with E-state index in [4.69, 9.17) is 16.0 Å². The molecular formula is C20H27Cl3N4O2. The highest BCUT2D eigenvalue weighted by molar-refractivity contribution is 6.31. The second kappa shape index (κ2) is 9.29. The van der Waals surface area contributed by atoms with Crippen LogP contribution < -0.4 is 10.2 Å². The van der Waals surface area contributed by atoms with E-state index in [0.717, 1.165) is 57.6 Å². The number of carbonyl (C=O) groups is 1. The summed E-state index contributed by atoms with van der Waals surface area (Å²) in [4.78, 5) is 21.7. The van der Waals surface area contributed by atoms with Crippen molar-refractivity contribution in [3.63, 3.8) is 0 Å². The van der Waals surface area contributed by atoms with Gasteiger partial charge in [0.2, 0.25) is 5.91 Å². The van der Waals surface area contributed by atoms with E-state index in [1.807, 2.05) is 12.1 Å². The lowest BCUT2D eigenvalue weighted by Crippen LogP contribution is -2.39. The molecule has 5 rings (SSSR count). The van der Waals surface area contributed by atoms with Crippen LogP contribution in [0.5, 0.6) is 0 Å². The molecule has 1 amide bonds. The maximum Gasteiger partial charge on any atom is 0.298 e. The van der Waals surface area contributed by atoms with Gasteiger partial charge in [-0.05, 0) is 42.7 Å². The van der Waals surface area contributed by atoms with Crippen LogP contribution in [-0.2, 0) is 4.79 Å². The minimum absolute atomic E-state index is 0. The predicted molar refractivity (Wildman–Crippen MR) is 119 cm³/mol. The molecule has 3 atom stereocenters. The van der Waals surface area contributed by atoms with Gasteiger partial charge in [-0.25, -0.2) is 0 Å². The van der Waals surface area contributed by atoms with Gasteiger partial charge in [-0.3, -0.25) is 4.79 Å². The first kappa shape index (κ1) is 22.5. The van der Waals surface area contributed by atoms with Gasteiger partial charge in [0.1, 0.15) is 5.52 Å². The molecule has 0 spiro atoms. The lowest BCUT2D eigenvalue weighted by Gasteiger charge is -2.32. The Morgan fingerprint density at radius 1 is 1.21 bits per heavy atom. The molecule has 160 valence electrons. The molecule has 0 aliphatic carbocycles. The molecule has 0 saturated carbocycles. The van der Waals surface area contributed by atoms with Gasteiger partial charge in [0.15, 0.2) is 5.58 Å². The third-order valence-electron chi connectivity index (χ3n) is 6.33. The van der Waals surface area contributed by atoms with E-state index in [-0.39, 0.29) is 24.8 Å². The van der Waals surface area contributed by atoms with Crippen LogP contribution in [0.25, 0.3) is 11.1 Å². The van der Waals surface area contributed by atoms with E-state index in [1.54, 1.807) is 6.07 Å². The van der Waals surface area contributed by atoms with Crippen LogP contribution in [0.4, 0.5) is 6.01 Å². The van der Waals surface area contributed by atoms with Gasteiger partial charge in [-0.1, -0.05) is 11.6 Å². The fraction of sp³-hybridized carbons (Fsp3) is 0.600. The molecule has 4 heterocycles. The number of aromatic nitrogens is 1. The molecule has 3 aliphatic heterocycles. The average molecular weight is 462 g/mol. The first-order chi connectivity index (χ1) is 13.2. The Labute approximate surface area is 188 Å². The van der Waals surface area contributed by atoms with Crippen LogP contribution in [0.1, 0.15) is 19.3 Å². The van der Waals surface area contributed by atoms with Gasteiger partial charge in [0.05, 0.1) is 0 Å². The molecule has 3 saturated heterocycles. The summed E-state index contributed by atoms with van der Waals surface area (Å²) in [6.07, 6.45) is 2.79. The predicted octanol–water partition coefficient (Wildman–Crippen LogP) is 3.61. The van der Waals surface area contributed by atoms with Gasteiger partial charge in [0.25, 0.3) is 6.01 Å². The topological polar surface area (TPSA) is 61.6 Å². The van der Waals surface area contributed by atoms with Crippen molar-refractivity contribution >= 4 is 59.4 Å². The smallest absolute Gasteiger partial charge is 0.298 e. The van der Waals surface area contributed by atoms with E-state index in [0.29, 0.717) is 46.7 Å². The molecule has 1 unspecified atom stereocenters. The standard InChI is InChI=1S/C20H25ClN4O2.2ClH/c21-16-3-4-17-18(7-16)27-20(23-17)24-5-1-2-13(10-24)6-19(26)25-11-14-8-22-9-15(14)12-25;;/h3-4,7,13-15,22H,1-2,5-6,8-12H2;2*1H/t13?,14-,15+;;. The molecular weight excluding hydrogens is 435 g/mol. The van der Waals surface area contributed by atoms with Crippen molar-refractivity contribution in [1.82, 2.24) is 15.2 Å². The number of hydrogen-bond acceptors (Lipinski definition) is 5. The van der Waals surface area contributed by atoms with E-state index in [2.05, 4.69) is 20.1 Å². The summed E-state index contributed by atoms with van der Waals surface area (Å²) < 4.78 is 5.92. The highest BCUT2D eigenvalue weighted by Crippen LogP contribution is 2.31. The van der Waals surface area contributed by atoms with Gasteiger partial charge in [0, 0.05) is 56.8 Å². The Bertz CT molecular complexity index is 849. The molecule has 0 radical (unpaired) electrons. The first-order valence-corrected chi connectivity index (χ1v) is 10.3. The lowest BCUT2D eigenvalue weighted by molar-refractivity contribution is -0.131. The fourth-order valence-electron chi connectivity index (χ4n) is 4.86. The Balaban J connectivity index is 0.00000120. The number of halogens is 3. The van der Waals surface area contributed by atoms with Crippen LogP contribution in [0, 0.1) is 17.8 Å². The number of carbonyl (C=O) groups excluding carboxylic acids is 1. The maximum absolute atomic E-state index is 12.8. The zero-order valence-electron chi connectivity index (χ0n) is 16.2. The van der Waals surface area contributed by atoms with Gasteiger partial charge >= 0.3 is 0 Å². The third-order valence-corrected chi connectivity index (χ3v) is 6.57. The quantitative estimate of drug-likeness (QED) is 0.756. The number of rotatable bonds is 3. The summed E-state index contributed by atoms with van der Waals surface area (Å²) in [5.74, 6) is 2.00. The number of piperidine rings is 1. The SMILES string of the molecule is Cl.Cl.O=C(CC1CCCN(c2nc3ccc(Cl)cc3o2)C1)N1C[C@H]2CNC[C@H]2C1. The summed E-state index contributed by atoms with van der Waals surface area (Å²) in [7, 11) is 0. The Morgan fingerprint density at radius 2 is 1.97 bits per heavy atom. The largest absolute Gasteiger partial charge is 0.423 e. The minimum Gasteiger partial charge on any atom is -0.423 e. The minimum atomic E-state index is 0. The molecule has 1 N–H and O–H groups in total. The van der Waals surface area contributed by atoms with Crippen LogP contribution in [0.3, 0.4) is 0 Å². The third kappa shape index (κ3) is 4.61. The van der Waals surface area contributed by atoms with Crippen molar-refractivity contribution < 1.29 is 9.21 Å². The molecule has 0 bridgehead atoms. The summed E-state index contributed by atoms with van der Waals surface area (Å²) >= 11 is 6.04. The summed E-state index contributed by atoms with van der Waals surface area (Å²) in [6, 6.07) is 6.16. The van der Waals surface area contributed by atoms with Crippen LogP contribution >= 0.6 is 36.4 Å². The van der Waals surface area contributed by atoms with Gasteiger partial charge in [-0.2, -0.15) is 4.98 Å². The zero-order chi connectivity index (χ0) is 18.4. The molecule has 2 aromatic rings. The molecule has 1 aromatic carbocycles. The van der Waals surface area contributed by atoms with Gasteiger partial charge in [-0.15, -0.1) is 24.8 Å². The first-order valence-electron chi connectivity index (χ1n) is 9.95. The molecule has 6 nitrogen and oxygen atoms in total. The number of benzene rings is 1. The highest BCUT2D eigenvalue weighted by atomic mass is 35.5. The summed E-state index contributed by atoms with van der Waals surface area (Å²) in [5.41, 5.74) is 1.54. The Hall–Kier alpha value is -1.21. The summed E-state index contributed by atoms with van der Waals surface area (Å²) in [6.45, 7) is 5.73. The number of fused-ring (bicyclic) bond motifs is 2. The molecule has 3 aliphatic rings. The average Bonchev–Trinajstić information content (AvgIpc) is 3.35. The van der Waals surface area contributed by atoms with Crippen molar-refractivity contribution in [2.45, 2.75) is 19.3 Å². The normalized spacial score (nSPS) is 26.2. The molecule has 29 heavy (non-hydrogen) atoms. The highest BCUT2D eigenvalue weighted by Gasteiger charge is 2.38. The number of oxazole rings is 1. The Kier molecular flexibility index (Phi) is 7.20. The number of nitrogens with one attached hydrogen (secondary N) is 1. The van der Waals surface area contributed by atoms with Crippen molar-refractivity contribution in [2.75, 3.05) is 44.2 Å². The van der Waals surface area contributed by atoms with E-state index in [9.17, 15) is 4.79 Å². The van der Waals surface area contributed by atoms with Crippen LogP contribution in [0.2, 0.25) is 5.02 Å². The second-order valence-corrected chi connectivity index (χ2v) is 8.68. The number of nitrogens with zero attached hydrogens (tertiary/aromatic N) is 3. The Morgan fingerprint density at radius 3 is 2.72 bits per heavy atom. The molecule has 1 aromatic heterocycles. The van der Waals surface area contributed by atoms with Crippen molar-refractivity contribution in [3.8, 4) is 0 Å². The molecule has 9 heteroatoms. The molecule has 3 fully saturated rings. The van der Waals surface area contributed by atoms with E-state index in [1.165, 1.54) is 0 Å². The number of hydrogen-bond donors (Lipinski definition) is 1. The number of likely N-dealkylation sites (tertiary alicyclic amines) is 1.